The van der Waals surface area contributed by atoms with E-state index >= 15 is 0 Å². The third kappa shape index (κ3) is 4.15. The Morgan fingerprint density at radius 2 is 1.85 bits per heavy atom. The van der Waals surface area contributed by atoms with E-state index < -0.39 is 5.76 Å². The second kappa shape index (κ2) is 8.98. The van der Waals surface area contributed by atoms with Crippen LogP contribution in [0, 0.1) is 20.8 Å². The summed E-state index contributed by atoms with van der Waals surface area (Å²) in [6.45, 7) is 9.96. The van der Waals surface area contributed by atoms with Gasteiger partial charge in [0, 0.05) is 31.4 Å². The number of rotatable bonds is 5. The lowest BCUT2D eigenvalue weighted by molar-refractivity contribution is 0.0000760. The van der Waals surface area contributed by atoms with Crippen molar-refractivity contribution in [2.45, 2.75) is 45.7 Å². The lowest BCUT2D eigenvalue weighted by Crippen LogP contribution is -2.56. The van der Waals surface area contributed by atoms with Crippen LogP contribution in [0.2, 0.25) is 0 Å². The fraction of sp³-hybridized carbons (Fsp3) is 0.407. The van der Waals surface area contributed by atoms with Crippen molar-refractivity contribution in [2.75, 3.05) is 26.3 Å². The van der Waals surface area contributed by atoms with Gasteiger partial charge >= 0.3 is 5.76 Å². The monoisotopic (exact) mass is 460 g/mol. The van der Waals surface area contributed by atoms with Crippen LogP contribution in [0.3, 0.4) is 0 Å². The molecule has 3 N–H and O–H groups in total. The molecule has 1 aromatic carbocycles. The number of nitrogens with two attached hydrogens (primary N) is 1. The zero-order chi connectivity index (χ0) is 23.9. The number of pyridine rings is 1. The second-order valence-electron chi connectivity index (χ2n) is 9.53. The molecule has 0 amide bonds. The summed E-state index contributed by atoms with van der Waals surface area (Å²) < 4.78 is 11.1. The number of hydrogen-bond donors (Lipinski definition) is 2. The van der Waals surface area contributed by atoms with Crippen molar-refractivity contribution >= 4 is 12.2 Å². The van der Waals surface area contributed by atoms with Crippen LogP contribution >= 0.6 is 0 Å². The highest BCUT2D eigenvalue weighted by Gasteiger charge is 2.37. The van der Waals surface area contributed by atoms with Crippen molar-refractivity contribution in [1.29, 1.82) is 0 Å². The topological polar surface area (TPSA) is 97.4 Å². The highest BCUT2D eigenvalue weighted by Crippen LogP contribution is 2.33. The smallest absolute Gasteiger partial charge is 0.408 e. The summed E-state index contributed by atoms with van der Waals surface area (Å²) >= 11 is 0. The molecule has 0 spiro atoms. The molecule has 1 saturated heterocycles. The Morgan fingerprint density at radius 3 is 2.56 bits per heavy atom. The van der Waals surface area contributed by atoms with Gasteiger partial charge in [0.1, 0.15) is 0 Å². The van der Waals surface area contributed by atoms with Crippen LogP contribution in [-0.4, -0.2) is 46.7 Å². The van der Waals surface area contributed by atoms with E-state index in [0.717, 1.165) is 53.7 Å². The molecule has 3 heterocycles. The van der Waals surface area contributed by atoms with Gasteiger partial charge in [0.2, 0.25) is 0 Å². The molecule has 5 rings (SSSR count). The van der Waals surface area contributed by atoms with E-state index in [4.69, 9.17) is 19.9 Å². The Kier molecular flexibility index (Phi) is 6.02. The Balaban J connectivity index is 1.59. The van der Waals surface area contributed by atoms with Crippen molar-refractivity contribution < 1.29 is 9.15 Å². The number of benzene rings is 1. The van der Waals surface area contributed by atoms with Crippen molar-refractivity contribution in [1.82, 2.24) is 14.9 Å². The minimum Gasteiger partial charge on any atom is -0.408 e. The molecule has 1 atom stereocenters. The minimum absolute atomic E-state index is 0.300. The van der Waals surface area contributed by atoms with Crippen LogP contribution in [-0.2, 0) is 17.7 Å². The van der Waals surface area contributed by atoms with Crippen molar-refractivity contribution in [3.8, 4) is 11.3 Å². The van der Waals surface area contributed by atoms with Gasteiger partial charge in [-0.05, 0) is 73.6 Å². The van der Waals surface area contributed by atoms with Crippen molar-refractivity contribution in [3.63, 3.8) is 0 Å². The lowest BCUT2D eigenvalue weighted by Gasteiger charge is -2.44. The maximum Gasteiger partial charge on any atom is 0.417 e. The quantitative estimate of drug-likeness (QED) is 0.602. The number of ether oxygens (including phenoxy) is 1. The number of hydrogen-bond acceptors (Lipinski definition) is 6. The summed E-state index contributed by atoms with van der Waals surface area (Å²) in [6.07, 6.45) is 7.78. The van der Waals surface area contributed by atoms with Crippen molar-refractivity contribution in [3.05, 3.63) is 73.5 Å². The zero-order valence-corrected chi connectivity index (χ0v) is 20.1. The predicted octanol–water partition coefficient (Wildman–Crippen LogP) is 1.69. The first-order valence-electron chi connectivity index (χ1n) is 11.9. The molecule has 2 aliphatic rings. The van der Waals surface area contributed by atoms with Gasteiger partial charge in [-0.3, -0.25) is 14.9 Å². The Labute approximate surface area is 199 Å². The molecule has 0 saturated carbocycles. The third-order valence-electron chi connectivity index (χ3n) is 7.20. The number of morpholine rings is 1. The molecule has 1 aliphatic carbocycles. The lowest BCUT2D eigenvalue weighted by atomic mass is 9.81. The highest BCUT2D eigenvalue weighted by molar-refractivity contribution is 5.69. The molecule has 1 aliphatic heterocycles. The van der Waals surface area contributed by atoms with Gasteiger partial charge in [0.25, 0.3) is 0 Å². The molecule has 0 bridgehead atoms. The van der Waals surface area contributed by atoms with Crippen LogP contribution in [0.25, 0.3) is 23.4 Å². The molecule has 178 valence electrons. The van der Waals surface area contributed by atoms with Crippen LogP contribution in [0.15, 0.2) is 33.6 Å². The van der Waals surface area contributed by atoms with Crippen LogP contribution in [0.1, 0.15) is 34.2 Å². The van der Waals surface area contributed by atoms with Gasteiger partial charge in [-0.1, -0.05) is 18.2 Å². The van der Waals surface area contributed by atoms with E-state index in [9.17, 15) is 4.79 Å². The molecule has 34 heavy (non-hydrogen) atoms. The fourth-order valence-corrected chi connectivity index (χ4v) is 5.45. The second-order valence-corrected chi connectivity index (χ2v) is 9.53. The fourth-order valence-electron chi connectivity index (χ4n) is 5.45. The van der Waals surface area contributed by atoms with Gasteiger partial charge in [-0.25, -0.2) is 4.79 Å². The van der Waals surface area contributed by atoms with Gasteiger partial charge in [-0.15, -0.1) is 0 Å². The standard InChI is InChI=1S/C27H32N4O3/c1-17-10-20(15-28)11-18(2)25(17)23-12-21(19(3)16-29-23)13-27(31-6-8-33-9-7-31)5-4-22-24(14-27)34-26(32)30-22/h4,10-12,14,16H,5-9,13,15,28H2,1-3H3,(H,30,32). The molecular formula is C27H32N4O3. The molecule has 0 radical (unpaired) electrons. The van der Waals surface area contributed by atoms with E-state index in [0.29, 0.717) is 25.2 Å². The first-order valence-corrected chi connectivity index (χ1v) is 11.9. The average molecular weight is 461 g/mol. The number of fused-ring (bicyclic) bond motifs is 1. The molecule has 2 aromatic heterocycles. The molecule has 7 nitrogen and oxygen atoms in total. The number of nitrogens with zero attached hydrogens (tertiary/aromatic N) is 2. The number of aromatic nitrogens is 2. The summed E-state index contributed by atoms with van der Waals surface area (Å²) in [6, 6.07) is 6.53. The van der Waals surface area contributed by atoms with Crippen LogP contribution in [0.4, 0.5) is 0 Å². The minimum atomic E-state index is -0.412. The largest absolute Gasteiger partial charge is 0.417 e. The maximum absolute atomic E-state index is 11.9. The van der Waals surface area contributed by atoms with Crippen LogP contribution < -0.4 is 22.3 Å². The molecule has 1 unspecified atom stereocenters. The van der Waals surface area contributed by atoms with Crippen LogP contribution in [0.5, 0.6) is 0 Å². The molecular weight excluding hydrogens is 428 g/mol. The summed E-state index contributed by atoms with van der Waals surface area (Å²) in [5.74, 6) is -0.412. The molecule has 7 heteroatoms. The normalized spacial score (nSPS) is 20.5. The summed E-state index contributed by atoms with van der Waals surface area (Å²) in [5, 5.41) is 0.771. The van der Waals surface area contributed by atoms with Gasteiger partial charge in [-0.2, -0.15) is 0 Å². The number of nitrogens with one attached hydrogen (secondary N) is 1. The average Bonchev–Trinajstić information content (AvgIpc) is 3.20. The zero-order valence-electron chi connectivity index (χ0n) is 20.1. The molecule has 3 aromatic rings. The Bertz CT molecular complexity index is 1370. The van der Waals surface area contributed by atoms with Gasteiger partial charge < -0.3 is 14.9 Å². The third-order valence-corrected chi connectivity index (χ3v) is 7.20. The Hall–Kier alpha value is -3.00. The van der Waals surface area contributed by atoms with E-state index in [1.165, 1.54) is 16.7 Å². The van der Waals surface area contributed by atoms with E-state index in [1.54, 1.807) is 0 Å². The summed E-state index contributed by atoms with van der Waals surface area (Å²) in [4.78, 5) is 21.9. The van der Waals surface area contributed by atoms with E-state index in [-0.39, 0.29) is 5.54 Å². The number of aromatic amines is 1. The number of H-pyrrole nitrogens is 1. The first kappa shape index (κ1) is 22.8. The van der Waals surface area contributed by atoms with E-state index in [2.05, 4.69) is 61.0 Å². The summed E-state index contributed by atoms with van der Waals surface area (Å²) in [5.41, 5.74) is 14.2. The van der Waals surface area contributed by atoms with Gasteiger partial charge in [0.05, 0.1) is 29.8 Å². The summed E-state index contributed by atoms with van der Waals surface area (Å²) in [7, 11) is 0. The maximum atomic E-state index is 11.9. The number of aryl methyl sites for hydroxylation is 3. The van der Waals surface area contributed by atoms with E-state index in [1.807, 2.05) is 6.20 Å². The van der Waals surface area contributed by atoms with Crippen molar-refractivity contribution in [2.24, 2.45) is 5.73 Å². The van der Waals surface area contributed by atoms with Gasteiger partial charge in [0.15, 0.2) is 5.42 Å². The highest BCUT2D eigenvalue weighted by atomic mass is 16.5. The Morgan fingerprint density at radius 1 is 1.12 bits per heavy atom. The first-order chi connectivity index (χ1) is 16.4. The number of oxazole rings is 1. The SMILES string of the molecule is Cc1cnc(-c2c(C)cc(CN)cc2C)cc1CC1(N2CCOCC2)C=c2oc(=O)[nH]c2=CC1. The predicted molar refractivity (Wildman–Crippen MR) is 133 cm³/mol. The molecule has 1 fully saturated rings.